The fourth-order valence-corrected chi connectivity index (χ4v) is 6.32. The summed E-state index contributed by atoms with van der Waals surface area (Å²) in [4.78, 5) is 18.6. The van der Waals surface area contributed by atoms with Crippen molar-refractivity contribution in [2.75, 3.05) is 61.2 Å². The zero-order chi connectivity index (χ0) is 37.5. The van der Waals surface area contributed by atoms with Crippen LogP contribution in [-0.4, -0.2) is 67.5 Å². The second kappa shape index (κ2) is 16.8. The molecule has 2 aliphatic rings. The fourth-order valence-electron chi connectivity index (χ4n) is 6.14. The number of benzene rings is 4. The first-order chi connectivity index (χ1) is 25.8. The zero-order valence-corrected chi connectivity index (χ0v) is 31.1. The first-order valence-corrected chi connectivity index (χ1v) is 17.3. The molecule has 0 bridgehead atoms. The maximum absolute atomic E-state index is 12.7. The van der Waals surface area contributed by atoms with Gasteiger partial charge in [0, 0.05) is 28.3 Å². The maximum atomic E-state index is 12.7. The van der Waals surface area contributed by atoms with Crippen LogP contribution in [0.5, 0.6) is 46.0 Å². The van der Waals surface area contributed by atoms with Crippen LogP contribution in [0.25, 0.3) is 0 Å². The van der Waals surface area contributed by atoms with E-state index < -0.39 is 6.17 Å². The molecule has 2 unspecified atom stereocenters. The van der Waals surface area contributed by atoms with Gasteiger partial charge in [-0.15, -0.1) is 0 Å². The van der Waals surface area contributed by atoms with E-state index in [-0.39, 0.29) is 12.0 Å². The Hall–Kier alpha value is -5.69. The number of halogens is 1. The molecule has 0 radical (unpaired) electrons. The molecular weight excluding hydrogens is 706 g/mol. The zero-order valence-electron chi connectivity index (χ0n) is 30.4. The van der Waals surface area contributed by atoms with Crippen LogP contribution < -0.4 is 48.5 Å². The number of oxime groups is 1. The molecule has 2 aliphatic heterocycles. The highest BCUT2D eigenvalue weighted by atomic mass is 35.5. The SMILES string of the molecule is COc1cc(C2NC(=O)c3cc(Cl)ccc3N2)ccc1OCCCCOc1c(OC)cc(C2CC(c3cc(OC)c(OC)c(OC)c3)=NO2)cc1OC. The van der Waals surface area contributed by atoms with Crippen molar-refractivity contribution >= 4 is 28.9 Å². The van der Waals surface area contributed by atoms with Gasteiger partial charge >= 0.3 is 0 Å². The molecule has 14 heteroatoms. The maximum Gasteiger partial charge on any atom is 0.255 e. The van der Waals surface area contributed by atoms with Gasteiger partial charge in [-0.1, -0.05) is 22.8 Å². The van der Waals surface area contributed by atoms with E-state index in [1.165, 1.54) is 0 Å². The molecule has 0 spiro atoms. The fraction of sp³-hybridized carbons (Fsp3) is 0.333. The van der Waals surface area contributed by atoms with Gasteiger partial charge in [0.1, 0.15) is 6.17 Å². The first-order valence-electron chi connectivity index (χ1n) is 16.9. The molecule has 6 rings (SSSR count). The largest absolute Gasteiger partial charge is 0.493 e. The van der Waals surface area contributed by atoms with Gasteiger partial charge < -0.3 is 53.4 Å². The van der Waals surface area contributed by atoms with Crippen molar-refractivity contribution in [2.45, 2.75) is 31.5 Å². The van der Waals surface area contributed by atoms with Gasteiger partial charge in [0.2, 0.25) is 11.5 Å². The number of amides is 1. The Bertz CT molecular complexity index is 1940. The molecule has 0 aromatic heterocycles. The molecule has 4 aromatic rings. The summed E-state index contributed by atoms with van der Waals surface area (Å²) in [5.41, 5.74) is 4.37. The number of nitrogens with zero attached hydrogens (tertiary/aromatic N) is 1. The lowest BCUT2D eigenvalue weighted by molar-refractivity contribution is 0.0852. The topological polar surface area (TPSA) is 137 Å². The summed E-state index contributed by atoms with van der Waals surface area (Å²) < 4.78 is 45.7. The van der Waals surface area contributed by atoms with Crippen LogP contribution in [-0.2, 0) is 4.84 Å². The third kappa shape index (κ3) is 8.05. The number of hydrogen-bond acceptors (Lipinski definition) is 12. The van der Waals surface area contributed by atoms with Gasteiger partial charge in [-0.05, 0) is 73.0 Å². The lowest BCUT2D eigenvalue weighted by atomic mass is 9.99. The van der Waals surface area contributed by atoms with Crippen molar-refractivity contribution in [3.8, 4) is 46.0 Å². The molecule has 2 heterocycles. The number of fused-ring (bicyclic) bond motifs is 1. The molecule has 280 valence electrons. The second-order valence-electron chi connectivity index (χ2n) is 12.1. The van der Waals surface area contributed by atoms with E-state index in [1.807, 2.05) is 42.5 Å². The van der Waals surface area contributed by atoms with Crippen LogP contribution in [0.1, 0.15) is 58.6 Å². The second-order valence-corrected chi connectivity index (χ2v) is 12.5. The predicted molar refractivity (Wildman–Crippen MR) is 199 cm³/mol. The molecular formula is C39H42ClN3O10. The van der Waals surface area contributed by atoms with Gasteiger partial charge in [-0.2, -0.15) is 0 Å². The average Bonchev–Trinajstić information content (AvgIpc) is 3.69. The Labute approximate surface area is 313 Å². The van der Waals surface area contributed by atoms with E-state index in [0.29, 0.717) is 94.7 Å². The van der Waals surface area contributed by atoms with Crippen LogP contribution in [0.4, 0.5) is 5.69 Å². The molecule has 0 saturated carbocycles. The Morgan fingerprint density at radius 3 is 1.94 bits per heavy atom. The summed E-state index contributed by atoms with van der Waals surface area (Å²) in [7, 11) is 9.45. The lowest BCUT2D eigenvalue weighted by Gasteiger charge is -2.28. The van der Waals surface area contributed by atoms with E-state index in [0.717, 1.165) is 22.4 Å². The highest BCUT2D eigenvalue weighted by Crippen LogP contribution is 2.44. The van der Waals surface area contributed by atoms with Gasteiger partial charge in [0.05, 0.1) is 67.1 Å². The number of hydrogen-bond donors (Lipinski definition) is 2. The molecule has 2 atom stereocenters. The summed E-state index contributed by atoms with van der Waals surface area (Å²) in [6.45, 7) is 0.839. The number of carbonyl (C=O) groups is 1. The van der Waals surface area contributed by atoms with Crippen LogP contribution >= 0.6 is 11.6 Å². The minimum Gasteiger partial charge on any atom is -0.493 e. The number of nitrogens with one attached hydrogen (secondary N) is 2. The van der Waals surface area contributed by atoms with Crippen molar-refractivity contribution in [3.63, 3.8) is 0 Å². The summed E-state index contributed by atoms with van der Waals surface area (Å²) in [6.07, 6.45) is 1.09. The monoisotopic (exact) mass is 747 g/mol. The predicted octanol–water partition coefficient (Wildman–Crippen LogP) is 7.35. The minimum absolute atomic E-state index is 0.209. The smallest absolute Gasteiger partial charge is 0.255 e. The Balaban J connectivity index is 1.02. The van der Waals surface area contributed by atoms with Crippen molar-refractivity contribution in [1.82, 2.24) is 5.32 Å². The van der Waals surface area contributed by atoms with Crippen LogP contribution in [0.15, 0.2) is 65.8 Å². The molecule has 1 amide bonds. The van der Waals surface area contributed by atoms with E-state index in [1.54, 1.807) is 60.9 Å². The molecule has 4 aromatic carbocycles. The van der Waals surface area contributed by atoms with Gasteiger partial charge in [-0.3, -0.25) is 4.79 Å². The quantitative estimate of drug-likeness (QED) is 0.111. The van der Waals surface area contributed by atoms with Crippen LogP contribution in [0, 0.1) is 0 Å². The highest BCUT2D eigenvalue weighted by molar-refractivity contribution is 6.31. The molecule has 0 fully saturated rings. The number of anilines is 1. The normalized spacial score (nSPS) is 15.9. The van der Waals surface area contributed by atoms with Gasteiger partial charge in [0.25, 0.3) is 5.91 Å². The summed E-state index contributed by atoms with van der Waals surface area (Å²) >= 11 is 6.07. The first kappa shape index (κ1) is 37.1. The lowest BCUT2D eigenvalue weighted by Crippen LogP contribution is -2.38. The van der Waals surface area contributed by atoms with Crippen molar-refractivity contribution in [1.29, 1.82) is 0 Å². The van der Waals surface area contributed by atoms with Crippen molar-refractivity contribution < 1.29 is 47.5 Å². The number of unbranched alkanes of at least 4 members (excludes halogenated alkanes) is 1. The number of carbonyl (C=O) groups excluding carboxylic acids is 1. The molecule has 0 saturated heterocycles. The third-order valence-electron chi connectivity index (χ3n) is 8.89. The van der Waals surface area contributed by atoms with Crippen LogP contribution in [0.2, 0.25) is 5.02 Å². The van der Waals surface area contributed by atoms with E-state index in [2.05, 4.69) is 15.8 Å². The van der Waals surface area contributed by atoms with Gasteiger partial charge in [-0.25, -0.2) is 0 Å². The van der Waals surface area contributed by atoms with Crippen molar-refractivity contribution in [2.24, 2.45) is 5.16 Å². The Kier molecular flexibility index (Phi) is 11.7. The summed E-state index contributed by atoms with van der Waals surface area (Å²) in [5, 5.41) is 11.2. The van der Waals surface area contributed by atoms with E-state index in [4.69, 9.17) is 54.3 Å². The summed E-state index contributed by atoms with van der Waals surface area (Å²) in [6, 6.07) is 18.2. The molecule has 2 N–H and O–H groups in total. The molecule has 53 heavy (non-hydrogen) atoms. The van der Waals surface area contributed by atoms with E-state index >= 15 is 0 Å². The number of ether oxygens (including phenoxy) is 8. The third-order valence-corrected chi connectivity index (χ3v) is 9.12. The number of methoxy groups -OCH3 is 6. The van der Waals surface area contributed by atoms with E-state index in [9.17, 15) is 4.79 Å². The van der Waals surface area contributed by atoms with Crippen LogP contribution in [0.3, 0.4) is 0 Å². The Morgan fingerprint density at radius 1 is 0.679 bits per heavy atom. The number of rotatable bonds is 16. The highest BCUT2D eigenvalue weighted by Gasteiger charge is 2.29. The minimum atomic E-state index is -0.440. The van der Waals surface area contributed by atoms with Crippen molar-refractivity contribution in [3.05, 3.63) is 87.9 Å². The Morgan fingerprint density at radius 2 is 1.30 bits per heavy atom. The summed E-state index contributed by atoms with van der Waals surface area (Å²) in [5.74, 6) is 4.03. The molecule has 13 nitrogen and oxygen atoms in total. The average molecular weight is 748 g/mol. The van der Waals surface area contributed by atoms with Gasteiger partial charge in [0.15, 0.2) is 40.6 Å². The standard InChI is InChI=1S/C39H42ClN3O10/c1-45-31-15-22(38-41-27-11-10-25(40)20-26(27)39(44)42-38)9-12-29(31)51-13-7-8-14-52-37-34(48-4)18-24(19-35(37)49-5)30-21-28(43-53-30)23-16-32(46-2)36(50-6)33(17-23)47-3/h9-12,15-20,30,38,41H,7-8,13-14,21H2,1-6H3,(H,42,44). The molecule has 0 aliphatic carbocycles.